The maximum Gasteiger partial charge on any atom is 0.120 e. The van der Waals surface area contributed by atoms with Gasteiger partial charge in [-0.05, 0) is 46.6 Å². The Morgan fingerprint density at radius 1 is 1.10 bits per heavy atom. The van der Waals surface area contributed by atoms with E-state index in [2.05, 4.69) is 41.2 Å². The second-order valence-corrected chi connectivity index (χ2v) is 5.13. The number of likely N-dealkylation sites (N-methyl/N-ethyl adjacent to an activating group) is 1. The number of nitrogens with one attached hydrogen (secondary N) is 1. The summed E-state index contributed by atoms with van der Waals surface area (Å²) in [5.74, 6) is 0.893. The monoisotopic (exact) mass is 291 g/mol. The number of hydrogen-bond acceptors (Lipinski definition) is 4. The van der Waals surface area contributed by atoms with E-state index in [9.17, 15) is 0 Å². The van der Waals surface area contributed by atoms with Crippen LogP contribution in [-0.4, -0.2) is 32.9 Å². The number of thiophene rings is 1. The zero-order chi connectivity index (χ0) is 14.0. The summed E-state index contributed by atoms with van der Waals surface area (Å²) < 4.78 is 11.2. The van der Waals surface area contributed by atoms with E-state index in [0.29, 0.717) is 13.2 Å². The molecule has 1 N–H and O–H groups in total. The van der Waals surface area contributed by atoms with Crippen LogP contribution in [0.15, 0.2) is 41.1 Å². The van der Waals surface area contributed by atoms with E-state index in [1.165, 1.54) is 11.1 Å². The Hall–Kier alpha value is -1.36. The highest BCUT2D eigenvalue weighted by Gasteiger charge is 2.00. The van der Waals surface area contributed by atoms with Gasteiger partial charge in [0.05, 0.1) is 13.2 Å². The average molecular weight is 291 g/mol. The SMILES string of the molecule is CCNCCOCCOc1cccc(-c2ccsc2)c1. The topological polar surface area (TPSA) is 30.5 Å². The first kappa shape index (κ1) is 15.0. The highest BCUT2D eigenvalue weighted by atomic mass is 32.1. The molecule has 0 aliphatic heterocycles. The van der Waals surface area contributed by atoms with Crippen LogP contribution in [0.25, 0.3) is 11.1 Å². The van der Waals surface area contributed by atoms with E-state index >= 15 is 0 Å². The molecule has 0 aliphatic carbocycles. The number of ether oxygens (including phenoxy) is 2. The fourth-order valence-electron chi connectivity index (χ4n) is 1.84. The van der Waals surface area contributed by atoms with Crippen LogP contribution in [-0.2, 0) is 4.74 Å². The molecular formula is C16H21NO2S. The Kier molecular flexibility index (Phi) is 6.57. The fourth-order valence-corrected chi connectivity index (χ4v) is 2.50. The van der Waals surface area contributed by atoms with Crippen LogP contribution in [0.1, 0.15) is 6.92 Å². The molecule has 0 spiro atoms. The molecule has 2 rings (SSSR count). The summed E-state index contributed by atoms with van der Waals surface area (Å²) in [5, 5.41) is 7.44. The molecule has 0 unspecified atom stereocenters. The molecule has 1 heterocycles. The van der Waals surface area contributed by atoms with Gasteiger partial charge < -0.3 is 14.8 Å². The van der Waals surface area contributed by atoms with Crippen molar-refractivity contribution < 1.29 is 9.47 Å². The van der Waals surface area contributed by atoms with Gasteiger partial charge in [-0.25, -0.2) is 0 Å². The molecule has 108 valence electrons. The molecule has 1 aromatic heterocycles. The first-order valence-electron chi connectivity index (χ1n) is 6.94. The minimum Gasteiger partial charge on any atom is -0.491 e. The van der Waals surface area contributed by atoms with Gasteiger partial charge in [-0.15, -0.1) is 0 Å². The van der Waals surface area contributed by atoms with Gasteiger partial charge >= 0.3 is 0 Å². The lowest BCUT2D eigenvalue weighted by atomic mass is 10.1. The van der Waals surface area contributed by atoms with Crippen LogP contribution in [0.4, 0.5) is 0 Å². The molecule has 0 fully saturated rings. The fraction of sp³-hybridized carbons (Fsp3) is 0.375. The number of hydrogen-bond donors (Lipinski definition) is 1. The molecular weight excluding hydrogens is 270 g/mol. The van der Waals surface area contributed by atoms with Gasteiger partial charge in [-0.1, -0.05) is 19.1 Å². The predicted molar refractivity (Wildman–Crippen MR) is 84.6 cm³/mol. The van der Waals surface area contributed by atoms with Crippen molar-refractivity contribution in [2.24, 2.45) is 0 Å². The minimum atomic E-state index is 0.583. The molecule has 0 aliphatic rings. The quantitative estimate of drug-likeness (QED) is 0.718. The van der Waals surface area contributed by atoms with Crippen molar-refractivity contribution in [1.82, 2.24) is 5.32 Å². The van der Waals surface area contributed by atoms with Gasteiger partial charge in [0.25, 0.3) is 0 Å². The summed E-state index contributed by atoms with van der Waals surface area (Å²) in [6, 6.07) is 10.3. The zero-order valence-corrected chi connectivity index (χ0v) is 12.6. The van der Waals surface area contributed by atoms with Gasteiger partial charge in [-0.3, -0.25) is 0 Å². The Labute approximate surface area is 124 Å². The number of benzene rings is 1. The van der Waals surface area contributed by atoms with Crippen LogP contribution < -0.4 is 10.1 Å². The minimum absolute atomic E-state index is 0.583. The van der Waals surface area contributed by atoms with Crippen LogP contribution in [0, 0.1) is 0 Å². The third-order valence-corrected chi connectivity index (χ3v) is 3.54. The van der Waals surface area contributed by atoms with Crippen molar-refractivity contribution in [3.63, 3.8) is 0 Å². The van der Waals surface area contributed by atoms with Crippen molar-refractivity contribution in [2.45, 2.75) is 6.92 Å². The van der Waals surface area contributed by atoms with Crippen molar-refractivity contribution >= 4 is 11.3 Å². The van der Waals surface area contributed by atoms with E-state index in [1.807, 2.05) is 12.1 Å². The Morgan fingerprint density at radius 2 is 2.05 bits per heavy atom. The van der Waals surface area contributed by atoms with Crippen molar-refractivity contribution in [1.29, 1.82) is 0 Å². The standard InChI is InChI=1S/C16H21NO2S/c1-2-17-7-8-18-9-10-19-16-5-3-4-14(12-16)15-6-11-20-13-15/h3-6,11-13,17H,2,7-10H2,1H3. The highest BCUT2D eigenvalue weighted by Crippen LogP contribution is 2.25. The normalized spacial score (nSPS) is 10.7. The lowest BCUT2D eigenvalue weighted by Crippen LogP contribution is -2.20. The van der Waals surface area contributed by atoms with Crippen LogP contribution in [0.5, 0.6) is 5.75 Å². The van der Waals surface area contributed by atoms with Crippen LogP contribution >= 0.6 is 11.3 Å². The molecule has 1 aromatic carbocycles. The predicted octanol–water partition coefficient (Wildman–Crippen LogP) is 3.42. The first-order valence-corrected chi connectivity index (χ1v) is 7.88. The van der Waals surface area contributed by atoms with E-state index in [4.69, 9.17) is 9.47 Å². The Morgan fingerprint density at radius 3 is 2.85 bits per heavy atom. The smallest absolute Gasteiger partial charge is 0.120 e. The second-order valence-electron chi connectivity index (χ2n) is 4.35. The molecule has 2 aromatic rings. The molecule has 0 radical (unpaired) electrons. The Balaban J connectivity index is 1.72. The zero-order valence-electron chi connectivity index (χ0n) is 11.8. The summed E-state index contributed by atoms with van der Waals surface area (Å²) in [6.45, 7) is 5.89. The average Bonchev–Trinajstić information content (AvgIpc) is 3.01. The molecule has 0 amide bonds. The summed E-state index contributed by atoms with van der Waals surface area (Å²) >= 11 is 1.70. The summed E-state index contributed by atoms with van der Waals surface area (Å²) in [7, 11) is 0. The van der Waals surface area contributed by atoms with Gasteiger partial charge in [0.1, 0.15) is 12.4 Å². The maximum atomic E-state index is 5.71. The lowest BCUT2D eigenvalue weighted by Gasteiger charge is -2.08. The highest BCUT2D eigenvalue weighted by molar-refractivity contribution is 7.08. The Bertz CT molecular complexity index is 485. The maximum absolute atomic E-state index is 5.71. The second kappa shape index (κ2) is 8.74. The van der Waals surface area contributed by atoms with E-state index in [-0.39, 0.29) is 0 Å². The summed E-state index contributed by atoms with van der Waals surface area (Å²) in [5.41, 5.74) is 2.43. The molecule has 0 bridgehead atoms. The van der Waals surface area contributed by atoms with Gasteiger partial charge in [-0.2, -0.15) is 11.3 Å². The number of rotatable bonds is 9. The van der Waals surface area contributed by atoms with Crippen LogP contribution in [0.2, 0.25) is 0 Å². The lowest BCUT2D eigenvalue weighted by molar-refractivity contribution is 0.102. The molecule has 4 heteroatoms. The largest absolute Gasteiger partial charge is 0.491 e. The molecule has 0 saturated heterocycles. The van der Waals surface area contributed by atoms with Crippen molar-refractivity contribution in [2.75, 3.05) is 32.9 Å². The van der Waals surface area contributed by atoms with E-state index in [1.54, 1.807) is 11.3 Å². The van der Waals surface area contributed by atoms with E-state index < -0.39 is 0 Å². The van der Waals surface area contributed by atoms with Crippen molar-refractivity contribution in [3.05, 3.63) is 41.1 Å². The van der Waals surface area contributed by atoms with Gasteiger partial charge in [0.2, 0.25) is 0 Å². The summed E-state index contributed by atoms with van der Waals surface area (Å²) in [4.78, 5) is 0. The van der Waals surface area contributed by atoms with Crippen molar-refractivity contribution in [3.8, 4) is 16.9 Å². The van der Waals surface area contributed by atoms with E-state index in [0.717, 1.165) is 25.4 Å². The first-order chi connectivity index (χ1) is 9.90. The third-order valence-electron chi connectivity index (χ3n) is 2.86. The summed E-state index contributed by atoms with van der Waals surface area (Å²) in [6.07, 6.45) is 0. The molecule has 0 saturated carbocycles. The van der Waals surface area contributed by atoms with Gasteiger partial charge in [0.15, 0.2) is 0 Å². The third kappa shape index (κ3) is 4.96. The molecule has 3 nitrogen and oxygen atoms in total. The molecule has 0 atom stereocenters. The van der Waals surface area contributed by atoms with Gasteiger partial charge in [0, 0.05) is 6.54 Å². The van der Waals surface area contributed by atoms with Crippen LogP contribution in [0.3, 0.4) is 0 Å². The molecule has 20 heavy (non-hydrogen) atoms.